The quantitative estimate of drug-likeness (QED) is 0.714. The van der Waals surface area contributed by atoms with Gasteiger partial charge in [0.1, 0.15) is 0 Å². The summed E-state index contributed by atoms with van der Waals surface area (Å²) in [5.74, 6) is 0.243. The van der Waals surface area contributed by atoms with Crippen LogP contribution in [0.4, 0.5) is 0 Å². The molecule has 0 heterocycles. The number of sulfone groups is 1. The van der Waals surface area contributed by atoms with Crippen LogP contribution in [0.1, 0.15) is 54.4 Å². The molecule has 0 fully saturated rings. The molecular weight excluding hydrogens is 244 g/mol. The highest BCUT2D eigenvalue weighted by Gasteiger charge is 2.31. The van der Waals surface area contributed by atoms with Gasteiger partial charge in [0.05, 0.1) is 10.5 Å². The van der Waals surface area contributed by atoms with E-state index in [9.17, 15) is 8.42 Å². The van der Waals surface area contributed by atoms with Gasteiger partial charge in [-0.1, -0.05) is 13.8 Å². The third-order valence-electron chi connectivity index (χ3n) is 2.81. The first-order valence-electron chi connectivity index (χ1n) is 5.74. The minimum absolute atomic E-state index is 0.0144. The molecule has 0 aromatic heterocycles. The van der Waals surface area contributed by atoms with Crippen molar-refractivity contribution >= 4 is 21.4 Å². The maximum Gasteiger partial charge on any atom is 0.155 e. The van der Waals surface area contributed by atoms with Gasteiger partial charge in [0, 0.05) is 5.38 Å². The highest BCUT2D eigenvalue weighted by molar-refractivity contribution is 7.92. The van der Waals surface area contributed by atoms with E-state index >= 15 is 0 Å². The average molecular weight is 269 g/mol. The van der Waals surface area contributed by atoms with Gasteiger partial charge in [0.15, 0.2) is 9.84 Å². The van der Waals surface area contributed by atoms with Gasteiger partial charge in [-0.2, -0.15) is 0 Å². The van der Waals surface area contributed by atoms with Crippen LogP contribution in [0.3, 0.4) is 0 Å². The smallest absolute Gasteiger partial charge is 0.155 e. The van der Waals surface area contributed by atoms with E-state index in [4.69, 9.17) is 11.6 Å². The molecule has 0 aromatic rings. The van der Waals surface area contributed by atoms with Gasteiger partial charge in [-0.25, -0.2) is 8.42 Å². The van der Waals surface area contributed by atoms with Crippen LogP contribution >= 0.6 is 11.6 Å². The number of alkyl halides is 1. The molecule has 98 valence electrons. The fraction of sp³-hybridized carbons (Fsp3) is 1.00. The van der Waals surface area contributed by atoms with E-state index in [-0.39, 0.29) is 16.5 Å². The van der Waals surface area contributed by atoms with E-state index in [2.05, 4.69) is 13.8 Å². The van der Waals surface area contributed by atoms with E-state index in [1.54, 1.807) is 20.8 Å². The molecule has 0 aliphatic heterocycles. The third-order valence-corrected chi connectivity index (χ3v) is 5.58. The summed E-state index contributed by atoms with van der Waals surface area (Å²) in [5, 5.41) is 0.0901. The fourth-order valence-electron chi connectivity index (χ4n) is 1.58. The predicted octanol–water partition coefficient (Wildman–Crippen LogP) is 3.63. The van der Waals surface area contributed by atoms with Crippen molar-refractivity contribution in [1.29, 1.82) is 0 Å². The van der Waals surface area contributed by atoms with E-state index in [1.165, 1.54) is 0 Å². The van der Waals surface area contributed by atoms with Crippen molar-refractivity contribution in [3.63, 3.8) is 0 Å². The Bertz CT molecular complexity index is 310. The highest BCUT2D eigenvalue weighted by Crippen LogP contribution is 2.30. The Hall–Kier alpha value is 0.240. The predicted molar refractivity (Wildman–Crippen MR) is 71.9 cm³/mol. The van der Waals surface area contributed by atoms with Crippen LogP contribution in [0.15, 0.2) is 0 Å². The zero-order chi connectivity index (χ0) is 13.2. The number of hydrogen-bond donors (Lipinski definition) is 0. The van der Waals surface area contributed by atoms with Crippen molar-refractivity contribution in [2.45, 2.75) is 64.5 Å². The lowest BCUT2D eigenvalue weighted by Gasteiger charge is -2.28. The molecule has 0 saturated carbocycles. The molecular formula is C12H25ClO2S. The van der Waals surface area contributed by atoms with Crippen molar-refractivity contribution in [2.75, 3.05) is 5.75 Å². The second-order valence-corrected chi connectivity index (χ2v) is 9.94. The van der Waals surface area contributed by atoms with E-state index < -0.39 is 14.6 Å². The molecule has 2 nitrogen and oxygen atoms in total. The summed E-state index contributed by atoms with van der Waals surface area (Å²) in [7, 11) is -3.01. The molecule has 0 radical (unpaired) electrons. The summed E-state index contributed by atoms with van der Waals surface area (Å²) in [4.78, 5) is 0. The Kier molecular flexibility index (Phi) is 5.34. The van der Waals surface area contributed by atoms with E-state index in [0.717, 1.165) is 6.42 Å². The topological polar surface area (TPSA) is 34.1 Å². The number of hydrogen-bond acceptors (Lipinski definition) is 2. The summed E-state index contributed by atoms with van der Waals surface area (Å²) < 4.78 is 23.2. The molecule has 4 heteroatoms. The van der Waals surface area contributed by atoms with Gasteiger partial charge in [-0.15, -0.1) is 11.6 Å². The van der Waals surface area contributed by atoms with Gasteiger partial charge in [-0.05, 0) is 46.0 Å². The van der Waals surface area contributed by atoms with Crippen LogP contribution in [0, 0.1) is 5.41 Å². The van der Waals surface area contributed by atoms with Crippen molar-refractivity contribution < 1.29 is 8.42 Å². The molecule has 0 spiro atoms. The second-order valence-electron chi connectivity index (χ2n) is 6.33. The first-order valence-corrected chi connectivity index (χ1v) is 7.83. The van der Waals surface area contributed by atoms with Gasteiger partial charge in [-0.3, -0.25) is 0 Å². The van der Waals surface area contributed by atoms with E-state index in [0.29, 0.717) is 6.42 Å². The zero-order valence-electron chi connectivity index (χ0n) is 11.3. The highest BCUT2D eigenvalue weighted by atomic mass is 35.5. The van der Waals surface area contributed by atoms with Crippen molar-refractivity contribution in [2.24, 2.45) is 5.41 Å². The van der Waals surface area contributed by atoms with Gasteiger partial charge in [0.25, 0.3) is 0 Å². The maximum atomic E-state index is 12.0. The first-order chi connectivity index (χ1) is 6.87. The molecule has 0 aliphatic rings. The van der Waals surface area contributed by atoms with Gasteiger partial charge < -0.3 is 0 Å². The third kappa shape index (κ3) is 5.53. The molecule has 0 amide bonds. The van der Waals surface area contributed by atoms with Crippen LogP contribution in [0.5, 0.6) is 0 Å². The maximum absolute atomic E-state index is 12.0. The molecule has 0 aromatic carbocycles. The molecule has 0 N–H and O–H groups in total. The Labute approximate surface area is 106 Å². The molecule has 1 atom stereocenters. The molecule has 0 bridgehead atoms. The summed E-state index contributed by atoms with van der Waals surface area (Å²) >= 11 is 5.95. The van der Waals surface area contributed by atoms with E-state index in [1.807, 2.05) is 6.92 Å². The summed E-state index contributed by atoms with van der Waals surface area (Å²) in [5.41, 5.74) is -0.0144. The summed E-state index contributed by atoms with van der Waals surface area (Å²) in [6, 6.07) is 0. The van der Waals surface area contributed by atoms with Crippen LogP contribution in [0.25, 0.3) is 0 Å². The van der Waals surface area contributed by atoms with Crippen molar-refractivity contribution in [3.8, 4) is 0 Å². The largest absolute Gasteiger partial charge is 0.228 e. The monoisotopic (exact) mass is 268 g/mol. The Balaban J connectivity index is 4.47. The normalized spacial score (nSPS) is 16.2. The summed E-state index contributed by atoms with van der Waals surface area (Å²) in [6.07, 6.45) is 1.51. The fourth-order valence-corrected chi connectivity index (χ4v) is 3.43. The Morgan fingerprint density at radius 2 is 1.56 bits per heavy atom. The molecule has 0 saturated heterocycles. The zero-order valence-corrected chi connectivity index (χ0v) is 12.9. The average Bonchev–Trinajstić information content (AvgIpc) is 1.96. The molecule has 0 rings (SSSR count). The lowest BCUT2D eigenvalue weighted by atomic mass is 9.85. The SMILES string of the molecule is CC(Cl)CC(C)(C)CCS(=O)(=O)C(C)(C)C. The first kappa shape index (κ1) is 16.2. The van der Waals surface area contributed by atoms with Gasteiger partial charge in [0.2, 0.25) is 0 Å². The number of halogens is 1. The summed E-state index contributed by atoms with van der Waals surface area (Å²) in [6.45, 7) is 11.3. The van der Waals surface area contributed by atoms with Crippen LogP contribution in [-0.2, 0) is 9.84 Å². The van der Waals surface area contributed by atoms with Gasteiger partial charge >= 0.3 is 0 Å². The Morgan fingerprint density at radius 1 is 1.12 bits per heavy atom. The Morgan fingerprint density at radius 3 is 1.88 bits per heavy atom. The minimum Gasteiger partial charge on any atom is -0.228 e. The second kappa shape index (κ2) is 5.26. The van der Waals surface area contributed by atoms with Crippen molar-refractivity contribution in [1.82, 2.24) is 0 Å². The lowest BCUT2D eigenvalue weighted by Crippen LogP contribution is -2.32. The van der Waals surface area contributed by atoms with Crippen LogP contribution in [-0.4, -0.2) is 24.3 Å². The molecule has 16 heavy (non-hydrogen) atoms. The number of rotatable bonds is 5. The van der Waals surface area contributed by atoms with Crippen molar-refractivity contribution in [3.05, 3.63) is 0 Å². The minimum atomic E-state index is -3.01. The van der Waals surface area contributed by atoms with Crippen LogP contribution < -0.4 is 0 Å². The standard InChI is InChI=1S/C12H25ClO2S/c1-10(13)9-12(5,6)7-8-16(14,15)11(2,3)4/h10H,7-9H2,1-6H3. The van der Waals surface area contributed by atoms with Crippen LogP contribution in [0.2, 0.25) is 0 Å². The lowest BCUT2D eigenvalue weighted by molar-refractivity contribution is 0.321. The molecule has 1 unspecified atom stereocenters. The molecule has 0 aliphatic carbocycles.